The number of fused-ring (bicyclic) bond motifs is 1. The van der Waals surface area contributed by atoms with Gasteiger partial charge in [-0.25, -0.2) is 9.79 Å². The lowest BCUT2D eigenvalue weighted by atomic mass is 9.92. The van der Waals surface area contributed by atoms with E-state index in [1.807, 2.05) is 13.8 Å². The second-order valence-corrected chi connectivity index (χ2v) is 9.56. The number of hydrogen-bond donors (Lipinski definition) is 1. The molecule has 1 amide bonds. The van der Waals surface area contributed by atoms with Crippen molar-refractivity contribution in [1.29, 1.82) is 0 Å². The summed E-state index contributed by atoms with van der Waals surface area (Å²) in [6.45, 7) is 7.47. The van der Waals surface area contributed by atoms with Gasteiger partial charge in [0.25, 0.3) is 0 Å². The van der Waals surface area contributed by atoms with Crippen LogP contribution in [0.1, 0.15) is 45.7 Å². The first-order valence-electron chi connectivity index (χ1n) is 11.1. The molecule has 1 aromatic rings. The van der Waals surface area contributed by atoms with E-state index in [9.17, 15) is 22.8 Å². The van der Waals surface area contributed by atoms with E-state index in [1.54, 1.807) is 43.5 Å². The number of methoxy groups -OCH3 is 1. The number of benzene rings is 1. The Hall–Kier alpha value is -2.95. The molecule has 2 heterocycles. The summed E-state index contributed by atoms with van der Waals surface area (Å²) in [5.41, 5.74) is -1.25. The van der Waals surface area contributed by atoms with Crippen LogP contribution < -0.4 is 10.1 Å². The van der Waals surface area contributed by atoms with Crippen LogP contribution in [0.25, 0.3) is 0 Å². The first-order valence-corrected chi connectivity index (χ1v) is 12.0. The number of para-hydroxylation sites is 1. The van der Waals surface area contributed by atoms with Gasteiger partial charge in [-0.15, -0.1) is 0 Å². The van der Waals surface area contributed by atoms with Gasteiger partial charge in [0.05, 0.1) is 31.2 Å². The lowest BCUT2D eigenvalue weighted by Crippen LogP contribution is -2.40. The van der Waals surface area contributed by atoms with E-state index in [0.717, 1.165) is 11.8 Å². The zero-order valence-electron chi connectivity index (χ0n) is 20.1. The van der Waals surface area contributed by atoms with Crippen LogP contribution >= 0.6 is 11.8 Å². The minimum atomic E-state index is -4.91. The van der Waals surface area contributed by atoms with Gasteiger partial charge in [-0.05, 0) is 31.2 Å². The van der Waals surface area contributed by atoms with E-state index in [2.05, 4.69) is 10.3 Å². The molecule has 1 N–H and O–H groups in total. The van der Waals surface area contributed by atoms with Crippen molar-refractivity contribution >= 4 is 28.8 Å². The van der Waals surface area contributed by atoms with Gasteiger partial charge in [0.1, 0.15) is 5.75 Å². The van der Waals surface area contributed by atoms with Crippen molar-refractivity contribution in [2.75, 3.05) is 13.7 Å². The van der Waals surface area contributed by atoms with Gasteiger partial charge in [0.2, 0.25) is 5.91 Å². The summed E-state index contributed by atoms with van der Waals surface area (Å²) < 4.78 is 53.2. The number of thioether (sulfide) groups is 1. The van der Waals surface area contributed by atoms with E-state index in [4.69, 9.17) is 9.47 Å². The molecule has 0 saturated carbocycles. The van der Waals surface area contributed by atoms with Crippen molar-refractivity contribution in [3.63, 3.8) is 0 Å². The van der Waals surface area contributed by atoms with Crippen LogP contribution in [0, 0.1) is 5.92 Å². The van der Waals surface area contributed by atoms with Crippen LogP contribution in [0.4, 0.5) is 13.2 Å². The van der Waals surface area contributed by atoms with Crippen molar-refractivity contribution < 1.29 is 32.2 Å². The highest BCUT2D eigenvalue weighted by Crippen LogP contribution is 2.49. The highest BCUT2D eigenvalue weighted by molar-refractivity contribution is 8.16. The molecule has 2 aliphatic rings. The summed E-state index contributed by atoms with van der Waals surface area (Å²) >= 11 is 0.967. The summed E-state index contributed by atoms with van der Waals surface area (Å²) in [6.07, 6.45) is -5.67. The monoisotopic (exact) mass is 511 g/mol. The maximum atomic E-state index is 14.2. The minimum absolute atomic E-state index is 0.0148. The zero-order chi connectivity index (χ0) is 25.9. The fourth-order valence-electron chi connectivity index (χ4n) is 3.69. The van der Waals surface area contributed by atoms with Crippen LogP contribution in [0.2, 0.25) is 0 Å². The van der Waals surface area contributed by atoms with E-state index in [-0.39, 0.29) is 29.2 Å². The zero-order valence-corrected chi connectivity index (χ0v) is 20.9. The number of carbonyl (C=O) groups is 2. The number of ether oxygens (including phenoxy) is 2. The second kappa shape index (κ2) is 10.8. The molecule has 190 valence electrons. The molecule has 0 unspecified atom stereocenters. The maximum Gasteiger partial charge on any atom is 0.434 e. The predicted octanol–water partition coefficient (Wildman–Crippen LogP) is 4.93. The number of rotatable bonds is 8. The molecule has 0 spiro atoms. The summed E-state index contributed by atoms with van der Waals surface area (Å²) in [5, 5.41) is 4.41. The van der Waals surface area contributed by atoms with Crippen molar-refractivity contribution in [3.05, 3.63) is 52.2 Å². The van der Waals surface area contributed by atoms with Crippen molar-refractivity contribution in [3.8, 4) is 5.75 Å². The number of alkyl halides is 3. The largest absolute Gasteiger partial charge is 0.496 e. The quantitative estimate of drug-likeness (QED) is 0.499. The molecule has 1 atom stereocenters. The van der Waals surface area contributed by atoms with Gasteiger partial charge in [0, 0.05) is 17.8 Å². The second-order valence-electron chi connectivity index (χ2n) is 8.72. The average Bonchev–Trinajstić information content (AvgIpc) is 3.17. The van der Waals surface area contributed by atoms with Gasteiger partial charge in [-0.1, -0.05) is 43.8 Å². The van der Waals surface area contributed by atoms with Crippen molar-refractivity contribution in [1.82, 2.24) is 10.2 Å². The third kappa shape index (κ3) is 6.01. The average molecular weight is 512 g/mol. The summed E-state index contributed by atoms with van der Waals surface area (Å²) in [7, 11) is 1.39. The van der Waals surface area contributed by atoms with E-state index in [0.29, 0.717) is 17.8 Å². The number of halogens is 3. The fourth-order valence-corrected chi connectivity index (χ4v) is 4.61. The number of nitrogens with zero attached hydrogens (tertiary/aromatic N) is 2. The molecule has 7 nitrogen and oxygen atoms in total. The Bertz CT molecular complexity index is 1080. The van der Waals surface area contributed by atoms with E-state index >= 15 is 0 Å². The van der Waals surface area contributed by atoms with Gasteiger partial charge < -0.3 is 19.7 Å². The molecule has 11 heteroatoms. The van der Waals surface area contributed by atoms with Crippen LogP contribution in [-0.4, -0.2) is 47.9 Å². The predicted molar refractivity (Wildman–Crippen MR) is 127 cm³/mol. The van der Waals surface area contributed by atoms with Gasteiger partial charge >= 0.3 is 12.1 Å². The van der Waals surface area contributed by atoms with Crippen molar-refractivity contribution in [2.24, 2.45) is 10.9 Å². The highest BCUT2D eigenvalue weighted by Gasteiger charge is 2.50. The molecule has 0 aromatic heterocycles. The minimum Gasteiger partial charge on any atom is -0.496 e. The van der Waals surface area contributed by atoms with E-state index < -0.39 is 35.6 Å². The number of carbonyl (C=O) groups excluding carboxylic acids is 2. The third-order valence-electron chi connectivity index (χ3n) is 5.12. The molecule has 0 bridgehead atoms. The molecule has 3 rings (SSSR count). The number of nitrogens with one attached hydrogen (secondary N) is 1. The first kappa shape index (κ1) is 26.7. The Morgan fingerprint density at radius 3 is 2.49 bits per heavy atom. The molecule has 0 fully saturated rings. The lowest BCUT2D eigenvalue weighted by molar-refractivity contribution is -0.145. The maximum absolute atomic E-state index is 14.2. The summed E-state index contributed by atoms with van der Waals surface area (Å²) in [5.74, 6) is -0.904. The molecule has 0 aliphatic carbocycles. The number of amides is 1. The number of esters is 1. The van der Waals surface area contributed by atoms with Gasteiger partial charge in [0.15, 0.2) is 10.9 Å². The SMILES string of the molecule is COc1ccccc1[C@@H]1C(C(=O)OC(C)C)=C(C(F)(F)F)N=C2SC=C(CC(=O)NCC(C)C)N21. The standard InChI is InChI=1S/C24H28F3N3O4S/c1-13(2)11-28-18(31)10-15-12-35-23-29-21(24(25,26)27)19(22(32)34-14(3)4)20(30(15)23)16-8-6-7-9-17(16)33-5/h6-9,12-14,20H,10-11H2,1-5H3,(H,28,31)/t20-/m1/s1. The summed E-state index contributed by atoms with van der Waals surface area (Å²) in [4.78, 5) is 31.0. The Morgan fingerprint density at radius 1 is 1.20 bits per heavy atom. The first-order chi connectivity index (χ1) is 16.4. The normalized spacial score (nSPS) is 17.9. The van der Waals surface area contributed by atoms with Crippen LogP contribution in [0.3, 0.4) is 0 Å². The van der Waals surface area contributed by atoms with Crippen LogP contribution in [-0.2, 0) is 14.3 Å². The van der Waals surface area contributed by atoms with Gasteiger partial charge in [-0.3, -0.25) is 4.79 Å². The highest BCUT2D eigenvalue weighted by atomic mass is 32.2. The molecule has 0 radical (unpaired) electrons. The third-order valence-corrected chi connectivity index (χ3v) is 6.01. The van der Waals surface area contributed by atoms with E-state index in [1.165, 1.54) is 12.0 Å². The number of aliphatic imine (C=N–C) groups is 1. The smallest absolute Gasteiger partial charge is 0.434 e. The number of hydrogen-bond acceptors (Lipinski definition) is 7. The topological polar surface area (TPSA) is 80.2 Å². The molecule has 2 aliphatic heterocycles. The van der Waals surface area contributed by atoms with Crippen LogP contribution in [0.5, 0.6) is 5.75 Å². The number of allylic oxidation sites excluding steroid dienone is 1. The van der Waals surface area contributed by atoms with Crippen LogP contribution in [0.15, 0.2) is 51.6 Å². The van der Waals surface area contributed by atoms with Crippen molar-refractivity contribution in [2.45, 2.75) is 52.4 Å². The Kier molecular flexibility index (Phi) is 8.19. The Labute approximate surface area is 206 Å². The molecule has 1 aromatic carbocycles. The molecular weight excluding hydrogens is 483 g/mol. The fraction of sp³-hybridized carbons (Fsp3) is 0.458. The Balaban J connectivity index is 2.16. The Morgan fingerprint density at radius 2 is 1.89 bits per heavy atom. The molecule has 0 saturated heterocycles. The number of amidine groups is 1. The molecular formula is C24H28F3N3O4S. The molecule has 35 heavy (non-hydrogen) atoms. The van der Waals surface area contributed by atoms with Gasteiger partial charge in [-0.2, -0.15) is 13.2 Å². The summed E-state index contributed by atoms with van der Waals surface area (Å²) in [6, 6.07) is 5.24. The lowest BCUT2D eigenvalue weighted by Gasteiger charge is -2.37.